The number of aromatic nitrogens is 1. The summed E-state index contributed by atoms with van der Waals surface area (Å²) < 4.78 is 5.31. The highest BCUT2D eigenvalue weighted by Crippen LogP contribution is 2.33. The van der Waals surface area contributed by atoms with Crippen molar-refractivity contribution in [1.82, 2.24) is 4.98 Å². The van der Waals surface area contributed by atoms with Crippen LogP contribution in [0, 0.1) is 5.92 Å². The summed E-state index contributed by atoms with van der Waals surface area (Å²) in [5, 5.41) is 0.561. The lowest BCUT2D eigenvalue weighted by Gasteiger charge is -2.04. The van der Waals surface area contributed by atoms with Gasteiger partial charge in [0.2, 0.25) is 0 Å². The number of Topliss-reactive ketones (excluding diaryl/α,β-unsaturated/α-hetero) is 1. The van der Waals surface area contributed by atoms with E-state index < -0.39 is 0 Å². The molecule has 0 unspecified atom stereocenters. The van der Waals surface area contributed by atoms with E-state index in [1.54, 1.807) is 13.3 Å². The van der Waals surface area contributed by atoms with Crippen LogP contribution >= 0.6 is 11.3 Å². The van der Waals surface area contributed by atoms with Crippen molar-refractivity contribution in [1.29, 1.82) is 0 Å². The van der Waals surface area contributed by atoms with Gasteiger partial charge in [-0.2, -0.15) is 0 Å². The molecule has 0 aliphatic heterocycles. The number of para-hydroxylation sites is 1. The SMILES string of the molecule is COc1ccccc1-c1cnc(C(=O)C(C)C)s1. The molecule has 2 rings (SSSR count). The third-order valence-electron chi connectivity index (χ3n) is 2.61. The first-order valence-electron chi connectivity index (χ1n) is 5.77. The maximum atomic E-state index is 11.9. The molecule has 0 saturated carbocycles. The number of hydrogen-bond donors (Lipinski definition) is 0. The summed E-state index contributed by atoms with van der Waals surface area (Å²) in [7, 11) is 1.64. The van der Waals surface area contributed by atoms with Gasteiger partial charge < -0.3 is 4.74 Å². The first-order chi connectivity index (χ1) is 8.63. The van der Waals surface area contributed by atoms with E-state index in [9.17, 15) is 4.79 Å². The summed E-state index contributed by atoms with van der Waals surface area (Å²) in [5.41, 5.74) is 0.973. The lowest BCUT2D eigenvalue weighted by molar-refractivity contribution is 0.0939. The van der Waals surface area contributed by atoms with Crippen molar-refractivity contribution in [3.05, 3.63) is 35.5 Å². The Hall–Kier alpha value is -1.68. The molecule has 1 aromatic carbocycles. The van der Waals surface area contributed by atoms with Gasteiger partial charge in [0.15, 0.2) is 10.8 Å². The van der Waals surface area contributed by atoms with Crippen LogP contribution < -0.4 is 4.74 Å². The van der Waals surface area contributed by atoms with E-state index in [2.05, 4.69) is 4.98 Å². The summed E-state index contributed by atoms with van der Waals surface area (Å²) in [6.07, 6.45) is 1.73. The monoisotopic (exact) mass is 261 g/mol. The second kappa shape index (κ2) is 5.31. The molecule has 0 bridgehead atoms. The second-order valence-electron chi connectivity index (χ2n) is 4.25. The second-order valence-corrected chi connectivity index (χ2v) is 5.28. The highest BCUT2D eigenvalue weighted by Gasteiger charge is 2.16. The number of ketones is 1. The van der Waals surface area contributed by atoms with Crippen LogP contribution in [0.15, 0.2) is 30.5 Å². The van der Waals surface area contributed by atoms with E-state index in [1.807, 2.05) is 38.1 Å². The van der Waals surface area contributed by atoms with Gasteiger partial charge in [-0.05, 0) is 12.1 Å². The molecular formula is C14H15NO2S. The Labute approximate surface area is 110 Å². The molecule has 94 valence electrons. The van der Waals surface area contributed by atoms with Crippen molar-refractivity contribution in [2.24, 2.45) is 5.92 Å². The number of hydrogen-bond acceptors (Lipinski definition) is 4. The lowest BCUT2D eigenvalue weighted by atomic mass is 10.1. The average molecular weight is 261 g/mol. The van der Waals surface area contributed by atoms with Gasteiger partial charge in [0.1, 0.15) is 5.75 Å². The van der Waals surface area contributed by atoms with Gasteiger partial charge in [0.05, 0.1) is 12.0 Å². The van der Waals surface area contributed by atoms with Gasteiger partial charge in [-0.3, -0.25) is 4.79 Å². The molecule has 0 aliphatic carbocycles. The van der Waals surface area contributed by atoms with Crippen molar-refractivity contribution in [2.45, 2.75) is 13.8 Å². The summed E-state index contributed by atoms with van der Waals surface area (Å²) in [4.78, 5) is 17.0. The van der Waals surface area contributed by atoms with Crippen LogP contribution in [-0.2, 0) is 0 Å². The third-order valence-corrected chi connectivity index (χ3v) is 3.66. The minimum absolute atomic E-state index is 0.0262. The number of rotatable bonds is 4. The zero-order chi connectivity index (χ0) is 13.1. The zero-order valence-corrected chi connectivity index (χ0v) is 11.5. The van der Waals surface area contributed by atoms with Crippen molar-refractivity contribution < 1.29 is 9.53 Å². The van der Waals surface area contributed by atoms with Crippen LogP contribution in [0.1, 0.15) is 23.6 Å². The fourth-order valence-electron chi connectivity index (χ4n) is 1.61. The quantitative estimate of drug-likeness (QED) is 0.788. The Balaban J connectivity index is 2.38. The molecule has 0 N–H and O–H groups in total. The van der Waals surface area contributed by atoms with Crippen LogP contribution in [0.5, 0.6) is 5.75 Å². The highest BCUT2D eigenvalue weighted by molar-refractivity contribution is 7.17. The minimum atomic E-state index is -0.0262. The van der Waals surface area contributed by atoms with Gasteiger partial charge in [-0.15, -0.1) is 11.3 Å². The molecule has 1 heterocycles. The number of ether oxygens (including phenoxy) is 1. The number of thiazole rings is 1. The Kier molecular flexibility index (Phi) is 3.77. The predicted molar refractivity (Wildman–Crippen MR) is 73.3 cm³/mol. The van der Waals surface area contributed by atoms with Gasteiger partial charge in [-0.25, -0.2) is 4.98 Å². The Morgan fingerprint density at radius 1 is 1.33 bits per heavy atom. The normalized spacial score (nSPS) is 10.7. The summed E-state index contributed by atoms with van der Waals surface area (Å²) in [6.45, 7) is 3.76. The van der Waals surface area contributed by atoms with Crippen molar-refractivity contribution in [2.75, 3.05) is 7.11 Å². The van der Waals surface area contributed by atoms with Crippen molar-refractivity contribution in [3.63, 3.8) is 0 Å². The number of methoxy groups -OCH3 is 1. The van der Waals surface area contributed by atoms with Crippen LogP contribution in [0.25, 0.3) is 10.4 Å². The molecule has 0 fully saturated rings. The number of benzene rings is 1. The van der Waals surface area contributed by atoms with E-state index in [-0.39, 0.29) is 11.7 Å². The molecule has 0 aliphatic rings. The molecule has 0 radical (unpaired) electrons. The van der Waals surface area contributed by atoms with E-state index >= 15 is 0 Å². The highest BCUT2D eigenvalue weighted by atomic mass is 32.1. The standard InChI is InChI=1S/C14H15NO2S/c1-9(2)13(16)14-15-8-12(18-14)10-6-4-5-7-11(10)17-3/h4-9H,1-3H3. The number of carbonyl (C=O) groups excluding carboxylic acids is 1. The molecule has 18 heavy (non-hydrogen) atoms. The maximum absolute atomic E-state index is 11.9. The van der Waals surface area contributed by atoms with Gasteiger partial charge in [0, 0.05) is 17.7 Å². The topological polar surface area (TPSA) is 39.2 Å². The van der Waals surface area contributed by atoms with E-state index in [0.717, 1.165) is 16.2 Å². The fourth-order valence-corrected chi connectivity index (χ4v) is 2.64. The van der Waals surface area contributed by atoms with Gasteiger partial charge in [0.25, 0.3) is 0 Å². The van der Waals surface area contributed by atoms with Crippen molar-refractivity contribution >= 4 is 17.1 Å². The summed E-state index contributed by atoms with van der Waals surface area (Å²) in [6, 6.07) is 7.74. The molecule has 3 nitrogen and oxygen atoms in total. The molecule has 4 heteroatoms. The van der Waals surface area contributed by atoms with Crippen LogP contribution in [0.3, 0.4) is 0 Å². The maximum Gasteiger partial charge on any atom is 0.193 e. The third kappa shape index (κ3) is 2.43. The van der Waals surface area contributed by atoms with E-state index in [4.69, 9.17) is 4.74 Å². The molecule has 0 amide bonds. The average Bonchev–Trinajstić information content (AvgIpc) is 2.87. The first-order valence-corrected chi connectivity index (χ1v) is 6.58. The Bertz CT molecular complexity index is 560. The molecule has 0 spiro atoms. The zero-order valence-electron chi connectivity index (χ0n) is 10.6. The first kappa shape index (κ1) is 12.8. The summed E-state index contributed by atoms with van der Waals surface area (Å²) >= 11 is 1.41. The molecule has 0 atom stereocenters. The molecular weight excluding hydrogens is 246 g/mol. The molecule has 2 aromatic rings. The van der Waals surface area contributed by atoms with Crippen molar-refractivity contribution in [3.8, 4) is 16.2 Å². The largest absolute Gasteiger partial charge is 0.496 e. The van der Waals surface area contributed by atoms with Crippen LogP contribution in [-0.4, -0.2) is 17.9 Å². The fraction of sp³-hybridized carbons (Fsp3) is 0.286. The number of nitrogens with zero attached hydrogens (tertiary/aromatic N) is 1. The van der Waals surface area contributed by atoms with Crippen LogP contribution in [0.2, 0.25) is 0 Å². The van der Waals surface area contributed by atoms with Gasteiger partial charge in [-0.1, -0.05) is 26.0 Å². The molecule has 0 saturated heterocycles. The Morgan fingerprint density at radius 2 is 2.06 bits per heavy atom. The smallest absolute Gasteiger partial charge is 0.193 e. The minimum Gasteiger partial charge on any atom is -0.496 e. The lowest BCUT2D eigenvalue weighted by Crippen LogP contribution is -2.06. The summed E-state index contributed by atoms with van der Waals surface area (Å²) in [5.74, 6) is 0.854. The van der Waals surface area contributed by atoms with Gasteiger partial charge >= 0.3 is 0 Å². The van der Waals surface area contributed by atoms with Crippen LogP contribution in [0.4, 0.5) is 0 Å². The van der Waals surface area contributed by atoms with E-state index in [1.165, 1.54) is 11.3 Å². The number of carbonyl (C=O) groups is 1. The van der Waals surface area contributed by atoms with E-state index in [0.29, 0.717) is 5.01 Å². The Morgan fingerprint density at radius 3 is 2.72 bits per heavy atom. The predicted octanol–water partition coefficient (Wildman–Crippen LogP) is 3.66. The molecule has 1 aromatic heterocycles.